The molecule has 7 nitrogen and oxygen atoms in total. The second-order valence-electron chi connectivity index (χ2n) is 3.71. The van der Waals surface area contributed by atoms with E-state index in [1.54, 1.807) is 19.1 Å². The number of nitrogens with zero attached hydrogens (tertiary/aromatic N) is 3. The minimum atomic E-state index is -0.439. The number of nitro benzene ring substituents is 1. The largest absolute Gasteiger partial charge is 0.377 e. The van der Waals surface area contributed by atoms with Crippen molar-refractivity contribution in [1.82, 2.24) is 10.1 Å². The Bertz CT molecular complexity index is 579. The van der Waals surface area contributed by atoms with Crippen LogP contribution in [0.25, 0.3) is 11.5 Å². The Morgan fingerprint density at radius 3 is 2.94 bits per heavy atom. The van der Waals surface area contributed by atoms with Crippen LogP contribution in [0.3, 0.4) is 0 Å². The zero-order chi connectivity index (χ0) is 13.1. The fraction of sp³-hybridized carbons (Fsp3) is 0.273. The molecule has 0 bridgehead atoms. The van der Waals surface area contributed by atoms with Crippen LogP contribution in [0.15, 0.2) is 22.7 Å². The molecule has 0 aliphatic heterocycles. The van der Waals surface area contributed by atoms with E-state index in [1.165, 1.54) is 13.2 Å². The predicted molar refractivity (Wildman–Crippen MR) is 61.8 cm³/mol. The van der Waals surface area contributed by atoms with E-state index < -0.39 is 4.92 Å². The summed E-state index contributed by atoms with van der Waals surface area (Å²) in [4.78, 5) is 14.5. The highest BCUT2D eigenvalue weighted by molar-refractivity contribution is 5.59. The molecule has 1 aromatic carbocycles. The van der Waals surface area contributed by atoms with Gasteiger partial charge < -0.3 is 9.26 Å². The lowest BCUT2D eigenvalue weighted by Crippen LogP contribution is -1.92. The minimum Gasteiger partial charge on any atom is -0.377 e. The van der Waals surface area contributed by atoms with Gasteiger partial charge in [0.15, 0.2) is 5.82 Å². The molecule has 7 heteroatoms. The summed E-state index contributed by atoms with van der Waals surface area (Å²) in [6.07, 6.45) is 0. The summed E-state index contributed by atoms with van der Waals surface area (Å²) in [5.41, 5.74) is 1.13. The summed E-state index contributed by atoms with van der Waals surface area (Å²) < 4.78 is 9.88. The molecule has 0 unspecified atom stereocenters. The Morgan fingerprint density at radius 2 is 2.28 bits per heavy atom. The van der Waals surface area contributed by atoms with Crippen molar-refractivity contribution in [2.75, 3.05) is 7.11 Å². The van der Waals surface area contributed by atoms with Crippen molar-refractivity contribution < 1.29 is 14.2 Å². The van der Waals surface area contributed by atoms with Crippen molar-refractivity contribution >= 4 is 5.69 Å². The SMILES string of the molecule is COCc1noc(-c2ccc(C)c([N+](=O)[O-])c2)n1. The molecule has 0 N–H and O–H groups in total. The highest BCUT2D eigenvalue weighted by Crippen LogP contribution is 2.25. The Morgan fingerprint density at radius 1 is 1.50 bits per heavy atom. The van der Waals surface area contributed by atoms with Crippen LogP contribution >= 0.6 is 0 Å². The van der Waals surface area contributed by atoms with Crippen molar-refractivity contribution in [3.8, 4) is 11.5 Å². The third-order valence-electron chi connectivity index (χ3n) is 2.39. The van der Waals surface area contributed by atoms with Crippen LogP contribution in [0.4, 0.5) is 5.69 Å². The molecule has 2 aromatic rings. The monoisotopic (exact) mass is 249 g/mol. The van der Waals surface area contributed by atoms with Gasteiger partial charge >= 0.3 is 0 Å². The van der Waals surface area contributed by atoms with E-state index in [2.05, 4.69) is 10.1 Å². The Hall–Kier alpha value is -2.28. The van der Waals surface area contributed by atoms with Crippen molar-refractivity contribution in [2.24, 2.45) is 0 Å². The summed E-state index contributed by atoms with van der Waals surface area (Å²) >= 11 is 0. The van der Waals surface area contributed by atoms with E-state index in [-0.39, 0.29) is 18.2 Å². The fourth-order valence-electron chi connectivity index (χ4n) is 1.50. The maximum atomic E-state index is 10.8. The van der Waals surface area contributed by atoms with Gasteiger partial charge in [-0.3, -0.25) is 10.1 Å². The lowest BCUT2D eigenvalue weighted by molar-refractivity contribution is -0.385. The smallest absolute Gasteiger partial charge is 0.273 e. The number of benzene rings is 1. The number of aryl methyl sites for hydroxylation is 1. The van der Waals surface area contributed by atoms with Gasteiger partial charge in [0.25, 0.3) is 11.6 Å². The van der Waals surface area contributed by atoms with Gasteiger partial charge in [-0.2, -0.15) is 4.98 Å². The fourth-order valence-corrected chi connectivity index (χ4v) is 1.50. The summed E-state index contributed by atoms with van der Waals surface area (Å²) in [6, 6.07) is 4.76. The molecular weight excluding hydrogens is 238 g/mol. The van der Waals surface area contributed by atoms with Crippen molar-refractivity contribution in [3.05, 3.63) is 39.7 Å². The average Bonchev–Trinajstić information content (AvgIpc) is 2.78. The van der Waals surface area contributed by atoms with Crippen LogP contribution in [-0.4, -0.2) is 22.2 Å². The van der Waals surface area contributed by atoms with Crippen LogP contribution < -0.4 is 0 Å². The van der Waals surface area contributed by atoms with Crippen LogP contribution in [0.5, 0.6) is 0 Å². The highest BCUT2D eigenvalue weighted by atomic mass is 16.6. The maximum absolute atomic E-state index is 10.8. The molecule has 0 radical (unpaired) electrons. The van der Waals surface area contributed by atoms with E-state index in [1.807, 2.05) is 0 Å². The van der Waals surface area contributed by atoms with Gasteiger partial charge in [0, 0.05) is 24.3 Å². The molecule has 0 saturated carbocycles. The van der Waals surface area contributed by atoms with Crippen molar-refractivity contribution in [3.63, 3.8) is 0 Å². The number of ether oxygens (including phenoxy) is 1. The molecule has 0 fully saturated rings. The second kappa shape index (κ2) is 4.92. The molecule has 0 atom stereocenters. The average molecular weight is 249 g/mol. The Labute approximate surface area is 103 Å². The maximum Gasteiger partial charge on any atom is 0.273 e. The van der Waals surface area contributed by atoms with E-state index >= 15 is 0 Å². The van der Waals surface area contributed by atoms with Gasteiger partial charge in [0.2, 0.25) is 0 Å². The van der Waals surface area contributed by atoms with Crippen LogP contribution in [-0.2, 0) is 11.3 Å². The van der Waals surface area contributed by atoms with E-state index in [4.69, 9.17) is 9.26 Å². The quantitative estimate of drug-likeness (QED) is 0.608. The second-order valence-corrected chi connectivity index (χ2v) is 3.71. The summed E-state index contributed by atoms with van der Waals surface area (Å²) in [7, 11) is 1.52. The predicted octanol–water partition coefficient (Wildman–Crippen LogP) is 2.10. The number of aromatic nitrogens is 2. The van der Waals surface area contributed by atoms with E-state index in [9.17, 15) is 10.1 Å². The molecule has 1 heterocycles. The number of nitro groups is 1. The number of hydrogen-bond acceptors (Lipinski definition) is 6. The molecule has 0 aliphatic carbocycles. The molecular formula is C11H11N3O4. The minimum absolute atomic E-state index is 0.0268. The molecule has 2 rings (SSSR count). The lowest BCUT2D eigenvalue weighted by Gasteiger charge is -1.98. The lowest BCUT2D eigenvalue weighted by atomic mass is 10.1. The Kier molecular flexibility index (Phi) is 3.33. The molecule has 0 aliphatic rings. The summed E-state index contributed by atoms with van der Waals surface area (Å²) in [5, 5.41) is 14.5. The first kappa shape index (κ1) is 12.2. The number of rotatable bonds is 4. The molecule has 1 aromatic heterocycles. The third kappa shape index (κ3) is 2.35. The topological polar surface area (TPSA) is 91.3 Å². The van der Waals surface area contributed by atoms with E-state index in [0.717, 1.165) is 0 Å². The molecule has 18 heavy (non-hydrogen) atoms. The van der Waals surface area contributed by atoms with Gasteiger partial charge in [-0.25, -0.2) is 0 Å². The standard InChI is InChI=1S/C11H11N3O4/c1-7-3-4-8(5-9(7)14(15)16)11-12-10(6-17-2)13-18-11/h3-5H,6H2,1-2H3. The summed E-state index contributed by atoms with van der Waals surface area (Å²) in [6.45, 7) is 1.91. The highest BCUT2D eigenvalue weighted by Gasteiger charge is 2.15. The first-order valence-electron chi connectivity index (χ1n) is 5.18. The third-order valence-corrected chi connectivity index (χ3v) is 2.39. The van der Waals surface area contributed by atoms with Gasteiger partial charge in [-0.15, -0.1) is 0 Å². The van der Waals surface area contributed by atoms with Gasteiger partial charge in [-0.05, 0) is 13.0 Å². The molecule has 0 spiro atoms. The van der Waals surface area contributed by atoms with Gasteiger partial charge in [0.1, 0.15) is 6.61 Å². The number of methoxy groups -OCH3 is 1. The van der Waals surface area contributed by atoms with Crippen molar-refractivity contribution in [2.45, 2.75) is 13.5 Å². The molecule has 0 saturated heterocycles. The Balaban J connectivity index is 2.38. The zero-order valence-corrected chi connectivity index (χ0v) is 9.91. The molecule has 94 valence electrons. The first-order valence-corrected chi connectivity index (χ1v) is 5.18. The van der Waals surface area contributed by atoms with Crippen LogP contribution in [0.1, 0.15) is 11.4 Å². The van der Waals surface area contributed by atoms with Crippen LogP contribution in [0, 0.1) is 17.0 Å². The van der Waals surface area contributed by atoms with Crippen LogP contribution in [0.2, 0.25) is 0 Å². The van der Waals surface area contributed by atoms with E-state index in [0.29, 0.717) is 17.0 Å². The first-order chi connectivity index (χ1) is 8.61. The zero-order valence-electron chi connectivity index (χ0n) is 9.91. The molecule has 0 amide bonds. The summed E-state index contributed by atoms with van der Waals surface area (Å²) in [5.74, 6) is 0.640. The normalized spacial score (nSPS) is 10.6. The van der Waals surface area contributed by atoms with Crippen molar-refractivity contribution in [1.29, 1.82) is 0 Å². The number of hydrogen-bond donors (Lipinski definition) is 0. The van der Waals surface area contributed by atoms with Gasteiger partial charge in [-0.1, -0.05) is 11.2 Å². The van der Waals surface area contributed by atoms with Gasteiger partial charge in [0.05, 0.1) is 4.92 Å².